The summed E-state index contributed by atoms with van der Waals surface area (Å²) in [6, 6.07) is 0.356. The van der Waals surface area contributed by atoms with Gasteiger partial charge in [-0.2, -0.15) is 11.3 Å². The van der Waals surface area contributed by atoms with Gasteiger partial charge in [0.2, 0.25) is 0 Å². The van der Waals surface area contributed by atoms with Gasteiger partial charge in [0.05, 0.1) is 0 Å². The first-order chi connectivity index (χ1) is 8.76. The van der Waals surface area contributed by atoms with E-state index in [0.717, 1.165) is 19.4 Å². The average Bonchev–Trinajstić information content (AvgIpc) is 2.96. The number of aromatic nitrogens is 2. The third-order valence-corrected chi connectivity index (χ3v) is 4.15. The van der Waals surface area contributed by atoms with Gasteiger partial charge in [-0.3, -0.25) is 0 Å². The molecule has 0 radical (unpaired) electrons. The highest BCUT2D eigenvalue weighted by atomic mass is 32.1. The summed E-state index contributed by atoms with van der Waals surface area (Å²) in [5.41, 5.74) is 2.77. The van der Waals surface area contributed by atoms with E-state index in [0.29, 0.717) is 6.04 Å². The molecule has 2 heterocycles. The van der Waals surface area contributed by atoms with Crippen molar-refractivity contribution in [3.63, 3.8) is 0 Å². The third-order valence-electron chi connectivity index (χ3n) is 3.27. The van der Waals surface area contributed by atoms with Crippen LogP contribution in [0.15, 0.2) is 23.2 Å². The molecule has 2 rings (SSSR count). The van der Waals surface area contributed by atoms with Crippen molar-refractivity contribution in [2.24, 2.45) is 0 Å². The van der Waals surface area contributed by atoms with Crippen molar-refractivity contribution in [2.45, 2.75) is 39.3 Å². The van der Waals surface area contributed by atoms with Crippen LogP contribution < -0.4 is 5.32 Å². The Morgan fingerprint density at radius 3 is 2.89 bits per heavy atom. The van der Waals surface area contributed by atoms with Gasteiger partial charge in [-0.15, -0.1) is 0 Å². The minimum absolute atomic E-state index is 0.356. The second kappa shape index (κ2) is 6.16. The molecule has 0 bridgehead atoms. The van der Waals surface area contributed by atoms with Gasteiger partial charge in [0.1, 0.15) is 5.82 Å². The first kappa shape index (κ1) is 13.3. The SMILES string of the molecule is CCCn1ccnc1CC(NC)c1cscc1C. The first-order valence-electron chi connectivity index (χ1n) is 6.46. The highest BCUT2D eigenvalue weighted by molar-refractivity contribution is 7.08. The lowest BCUT2D eigenvalue weighted by molar-refractivity contribution is 0.542. The largest absolute Gasteiger partial charge is 0.335 e. The third kappa shape index (κ3) is 2.82. The Bertz CT molecular complexity index is 487. The Morgan fingerprint density at radius 1 is 1.44 bits per heavy atom. The van der Waals surface area contributed by atoms with Crippen molar-refractivity contribution in [3.05, 3.63) is 40.1 Å². The maximum absolute atomic E-state index is 4.49. The Kier molecular flexibility index (Phi) is 4.55. The van der Waals surface area contributed by atoms with Crippen LogP contribution in [0.5, 0.6) is 0 Å². The minimum atomic E-state index is 0.356. The maximum atomic E-state index is 4.49. The maximum Gasteiger partial charge on any atom is 0.110 e. The van der Waals surface area contributed by atoms with Crippen molar-refractivity contribution in [3.8, 4) is 0 Å². The number of nitrogens with one attached hydrogen (secondary N) is 1. The van der Waals surface area contributed by atoms with Gasteiger partial charge in [0.15, 0.2) is 0 Å². The van der Waals surface area contributed by atoms with Crippen molar-refractivity contribution in [2.75, 3.05) is 7.05 Å². The van der Waals surface area contributed by atoms with Crippen LogP contribution in [-0.4, -0.2) is 16.6 Å². The number of rotatable bonds is 6. The number of aryl methyl sites for hydroxylation is 2. The van der Waals surface area contributed by atoms with Crippen molar-refractivity contribution in [1.82, 2.24) is 14.9 Å². The van der Waals surface area contributed by atoms with Crippen molar-refractivity contribution < 1.29 is 0 Å². The van der Waals surface area contributed by atoms with Crippen molar-refractivity contribution in [1.29, 1.82) is 0 Å². The van der Waals surface area contributed by atoms with Gasteiger partial charge in [-0.05, 0) is 42.3 Å². The Balaban J connectivity index is 2.15. The minimum Gasteiger partial charge on any atom is -0.335 e. The van der Waals surface area contributed by atoms with Gasteiger partial charge in [-0.1, -0.05) is 6.92 Å². The summed E-state index contributed by atoms with van der Waals surface area (Å²) in [5.74, 6) is 1.17. The van der Waals surface area contributed by atoms with Crippen LogP contribution >= 0.6 is 11.3 Å². The zero-order valence-electron chi connectivity index (χ0n) is 11.3. The van der Waals surface area contributed by atoms with Crippen LogP contribution in [-0.2, 0) is 13.0 Å². The summed E-state index contributed by atoms with van der Waals surface area (Å²) >= 11 is 1.77. The first-order valence-corrected chi connectivity index (χ1v) is 7.40. The van der Waals surface area contributed by atoms with Crippen LogP contribution in [0.25, 0.3) is 0 Å². The van der Waals surface area contributed by atoms with Gasteiger partial charge in [0.25, 0.3) is 0 Å². The smallest absolute Gasteiger partial charge is 0.110 e. The lowest BCUT2D eigenvalue weighted by Crippen LogP contribution is -2.21. The van der Waals surface area contributed by atoms with E-state index in [1.165, 1.54) is 17.0 Å². The number of likely N-dealkylation sites (N-methyl/N-ethyl adjacent to an activating group) is 1. The Hall–Kier alpha value is -1.13. The van der Waals surface area contributed by atoms with E-state index in [-0.39, 0.29) is 0 Å². The molecular formula is C14H21N3S. The molecule has 0 aliphatic heterocycles. The zero-order valence-corrected chi connectivity index (χ0v) is 12.1. The Morgan fingerprint density at radius 2 is 2.28 bits per heavy atom. The van der Waals surface area contributed by atoms with Crippen LogP contribution in [0, 0.1) is 6.92 Å². The molecule has 18 heavy (non-hydrogen) atoms. The molecule has 1 atom stereocenters. The van der Waals surface area contributed by atoms with Gasteiger partial charge < -0.3 is 9.88 Å². The molecule has 0 aromatic carbocycles. The number of nitrogens with zero attached hydrogens (tertiary/aromatic N) is 2. The molecule has 1 unspecified atom stereocenters. The molecule has 0 spiro atoms. The standard InChI is InChI=1S/C14H21N3S/c1-4-6-17-7-5-16-14(17)8-13(15-3)12-10-18-9-11(12)2/h5,7,9-10,13,15H,4,6,8H2,1-3H3. The Labute approximate surface area is 113 Å². The molecule has 98 valence electrons. The summed E-state index contributed by atoms with van der Waals surface area (Å²) < 4.78 is 2.26. The monoisotopic (exact) mass is 263 g/mol. The van der Waals surface area contributed by atoms with Crippen molar-refractivity contribution >= 4 is 11.3 Å². The number of imidazole rings is 1. The summed E-state index contributed by atoms with van der Waals surface area (Å²) in [5, 5.41) is 7.85. The fraction of sp³-hybridized carbons (Fsp3) is 0.500. The number of thiophene rings is 1. The lowest BCUT2D eigenvalue weighted by atomic mass is 10.0. The molecular weight excluding hydrogens is 242 g/mol. The molecule has 0 amide bonds. The fourth-order valence-electron chi connectivity index (χ4n) is 2.25. The molecule has 0 saturated carbocycles. The second-order valence-corrected chi connectivity index (χ2v) is 5.34. The molecule has 2 aromatic heterocycles. The molecule has 4 heteroatoms. The van der Waals surface area contributed by atoms with E-state index in [9.17, 15) is 0 Å². The molecule has 0 saturated heterocycles. The molecule has 2 aromatic rings. The van der Waals surface area contributed by atoms with E-state index in [4.69, 9.17) is 0 Å². The van der Waals surface area contributed by atoms with E-state index in [2.05, 4.69) is 45.7 Å². The average molecular weight is 263 g/mol. The summed E-state index contributed by atoms with van der Waals surface area (Å²) in [7, 11) is 2.02. The predicted molar refractivity (Wildman–Crippen MR) is 77.1 cm³/mol. The van der Waals surface area contributed by atoms with Gasteiger partial charge in [-0.25, -0.2) is 4.98 Å². The molecule has 0 fully saturated rings. The molecule has 0 aliphatic carbocycles. The quantitative estimate of drug-likeness (QED) is 0.867. The van der Waals surface area contributed by atoms with Crippen LogP contribution in [0.1, 0.15) is 36.3 Å². The van der Waals surface area contributed by atoms with E-state index < -0.39 is 0 Å². The second-order valence-electron chi connectivity index (χ2n) is 4.59. The highest BCUT2D eigenvalue weighted by Gasteiger charge is 2.15. The van der Waals surface area contributed by atoms with Crippen LogP contribution in [0.2, 0.25) is 0 Å². The topological polar surface area (TPSA) is 29.9 Å². The normalized spacial score (nSPS) is 12.8. The number of hydrogen-bond donors (Lipinski definition) is 1. The van der Waals surface area contributed by atoms with E-state index >= 15 is 0 Å². The summed E-state index contributed by atoms with van der Waals surface area (Å²) in [6.45, 7) is 5.42. The zero-order chi connectivity index (χ0) is 13.0. The molecule has 0 aliphatic rings. The van der Waals surface area contributed by atoms with Gasteiger partial charge in [0, 0.05) is 31.4 Å². The summed E-state index contributed by atoms with van der Waals surface area (Å²) in [4.78, 5) is 4.49. The summed E-state index contributed by atoms with van der Waals surface area (Å²) in [6.07, 6.45) is 6.07. The predicted octanol–water partition coefficient (Wildman–Crippen LogP) is 3.17. The fourth-order valence-corrected chi connectivity index (χ4v) is 3.16. The molecule has 1 N–H and O–H groups in total. The van der Waals surface area contributed by atoms with E-state index in [1.54, 1.807) is 11.3 Å². The molecule has 3 nitrogen and oxygen atoms in total. The van der Waals surface area contributed by atoms with Gasteiger partial charge >= 0.3 is 0 Å². The van der Waals surface area contributed by atoms with Crippen LogP contribution in [0.4, 0.5) is 0 Å². The van der Waals surface area contributed by atoms with Crippen LogP contribution in [0.3, 0.4) is 0 Å². The van der Waals surface area contributed by atoms with E-state index in [1.807, 2.05) is 13.2 Å². The lowest BCUT2D eigenvalue weighted by Gasteiger charge is -2.17. The number of hydrogen-bond acceptors (Lipinski definition) is 3. The highest BCUT2D eigenvalue weighted by Crippen LogP contribution is 2.24.